The van der Waals surface area contributed by atoms with Crippen molar-refractivity contribution in [1.82, 2.24) is 19.9 Å². The zero-order valence-corrected chi connectivity index (χ0v) is 18.1. The number of thiazole rings is 1. The molecule has 28 heavy (non-hydrogen) atoms. The zero-order valence-electron chi connectivity index (χ0n) is 14.9. The smallest absolute Gasteiger partial charge is 0.210 e. The number of methoxy groups -OCH3 is 1. The topological polar surface area (TPSA) is 78.9 Å². The molecular formula is C19H16BrN5OS2. The molecule has 0 saturated heterocycles. The monoisotopic (exact) mass is 473 g/mol. The molecule has 2 aromatic heterocycles. The van der Waals surface area contributed by atoms with Gasteiger partial charge in [-0.1, -0.05) is 52.0 Å². The number of benzene rings is 2. The largest absolute Gasteiger partial charge is 0.497 e. The Balaban J connectivity index is 1.49. The minimum atomic E-state index is 0.616. The lowest BCUT2D eigenvalue weighted by molar-refractivity contribution is 0.415. The lowest BCUT2D eigenvalue weighted by Gasteiger charge is -2.04. The third-order valence-corrected chi connectivity index (χ3v) is 6.61. The summed E-state index contributed by atoms with van der Waals surface area (Å²) in [6.07, 6.45) is 0. The van der Waals surface area contributed by atoms with E-state index in [0.29, 0.717) is 16.7 Å². The SMILES string of the molecule is COc1cccc(-c2nc(CSc3nnc(-c4ccccc4Br)n3N)cs2)c1. The second-order valence-electron chi connectivity index (χ2n) is 5.82. The van der Waals surface area contributed by atoms with Crippen molar-refractivity contribution in [2.45, 2.75) is 10.9 Å². The molecule has 0 aliphatic rings. The predicted octanol–water partition coefficient (Wildman–Crippen LogP) is 4.85. The molecule has 4 rings (SSSR count). The Morgan fingerprint density at radius 1 is 1.18 bits per heavy atom. The van der Waals surface area contributed by atoms with Crippen LogP contribution in [0.25, 0.3) is 22.0 Å². The highest BCUT2D eigenvalue weighted by Gasteiger charge is 2.15. The van der Waals surface area contributed by atoms with Crippen LogP contribution in [0.2, 0.25) is 0 Å². The minimum Gasteiger partial charge on any atom is -0.497 e. The fourth-order valence-corrected chi connectivity index (χ4v) is 4.74. The maximum Gasteiger partial charge on any atom is 0.210 e. The van der Waals surface area contributed by atoms with Crippen LogP contribution in [0.5, 0.6) is 5.75 Å². The van der Waals surface area contributed by atoms with Crippen LogP contribution in [0, 0.1) is 0 Å². The van der Waals surface area contributed by atoms with Gasteiger partial charge < -0.3 is 10.6 Å². The first-order chi connectivity index (χ1) is 13.7. The van der Waals surface area contributed by atoms with Crippen molar-refractivity contribution in [3.63, 3.8) is 0 Å². The maximum absolute atomic E-state index is 6.21. The van der Waals surface area contributed by atoms with E-state index in [1.807, 2.05) is 53.9 Å². The van der Waals surface area contributed by atoms with E-state index in [0.717, 1.165) is 32.1 Å². The van der Waals surface area contributed by atoms with Gasteiger partial charge in [-0.05, 0) is 24.3 Å². The summed E-state index contributed by atoms with van der Waals surface area (Å²) < 4.78 is 7.72. The molecule has 142 valence electrons. The fraction of sp³-hybridized carbons (Fsp3) is 0.105. The number of thioether (sulfide) groups is 1. The van der Waals surface area contributed by atoms with Crippen molar-refractivity contribution < 1.29 is 4.74 Å². The molecule has 0 bridgehead atoms. The van der Waals surface area contributed by atoms with E-state index in [1.54, 1.807) is 18.4 Å². The molecule has 9 heteroatoms. The Kier molecular flexibility index (Phi) is 5.65. The Hall–Kier alpha value is -2.36. The molecule has 0 aliphatic heterocycles. The summed E-state index contributed by atoms with van der Waals surface area (Å²) in [7, 11) is 1.66. The van der Waals surface area contributed by atoms with Gasteiger partial charge in [0.2, 0.25) is 5.16 Å². The minimum absolute atomic E-state index is 0.616. The van der Waals surface area contributed by atoms with E-state index >= 15 is 0 Å². The highest BCUT2D eigenvalue weighted by Crippen LogP contribution is 2.31. The summed E-state index contributed by atoms with van der Waals surface area (Å²) in [5.41, 5.74) is 2.91. The van der Waals surface area contributed by atoms with Crippen LogP contribution in [0.1, 0.15) is 5.69 Å². The highest BCUT2D eigenvalue weighted by atomic mass is 79.9. The lowest BCUT2D eigenvalue weighted by atomic mass is 10.2. The van der Waals surface area contributed by atoms with Gasteiger partial charge in [0, 0.05) is 26.7 Å². The summed E-state index contributed by atoms with van der Waals surface area (Å²) in [6.45, 7) is 0. The Labute approximate surface area is 178 Å². The van der Waals surface area contributed by atoms with Crippen LogP contribution in [-0.2, 0) is 5.75 Å². The predicted molar refractivity (Wildman–Crippen MR) is 117 cm³/mol. The van der Waals surface area contributed by atoms with E-state index in [-0.39, 0.29) is 0 Å². The van der Waals surface area contributed by atoms with Crippen LogP contribution in [0.3, 0.4) is 0 Å². The molecule has 0 saturated carbocycles. The first kappa shape index (κ1) is 19.0. The van der Waals surface area contributed by atoms with Crippen molar-refractivity contribution in [2.24, 2.45) is 0 Å². The summed E-state index contributed by atoms with van der Waals surface area (Å²) in [5, 5.41) is 12.1. The number of nitrogens with two attached hydrogens (primary N) is 1. The van der Waals surface area contributed by atoms with E-state index in [2.05, 4.69) is 26.1 Å². The number of nitrogen functional groups attached to an aromatic ring is 1. The number of hydrogen-bond acceptors (Lipinski definition) is 7. The van der Waals surface area contributed by atoms with Gasteiger partial charge in [-0.3, -0.25) is 0 Å². The first-order valence-corrected chi connectivity index (χ1v) is 11.0. The molecule has 0 fully saturated rings. The molecule has 0 amide bonds. The summed E-state index contributed by atoms with van der Waals surface area (Å²) in [5.74, 6) is 8.31. The quantitative estimate of drug-likeness (QED) is 0.318. The first-order valence-electron chi connectivity index (χ1n) is 8.32. The van der Waals surface area contributed by atoms with Gasteiger partial charge in [-0.15, -0.1) is 21.5 Å². The molecular weight excluding hydrogens is 458 g/mol. The Bertz CT molecular complexity index is 1110. The third kappa shape index (κ3) is 3.91. The van der Waals surface area contributed by atoms with Crippen LogP contribution >= 0.6 is 39.0 Å². The average Bonchev–Trinajstić information content (AvgIpc) is 3.34. The number of hydrogen-bond donors (Lipinski definition) is 1. The van der Waals surface area contributed by atoms with Crippen LogP contribution < -0.4 is 10.6 Å². The van der Waals surface area contributed by atoms with Crippen molar-refractivity contribution in [3.8, 4) is 27.7 Å². The Morgan fingerprint density at radius 2 is 2.04 bits per heavy atom. The normalized spacial score (nSPS) is 10.9. The van der Waals surface area contributed by atoms with Gasteiger partial charge in [0.05, 0.1) is 12.8 Å². The second kappa shape index (κ2) is 8.34. The average molecular weight is 474 g/mol. The highest BCUT2D eigenvalue weighted by molar-refractivity contribution is 9.10. The van der Waals surface area contributed by atoms with Crippen molar-refractivity contribution in [2.75, 3.05) is 13.0 Å². The molecule has 2 aromatic carbocycles. The lowest BCUT2D eigenvalue weighted by Crippen LogP contribution is -2.11. The number of nitrogens with zero attached hydrogens (tertiary/aromatic N) is 4. The van der Waals surface area contributed by atoms with Gasteiger partial charge in [-0.25, -0.2) is 9.66 Å². The van der Waals surface area contributed by atoms with E-state index in [9.17, 15) is 0 Å². The van der Waals surface area contributed by atoms with Crippen molar-refractivity contribution in [3.05, 3.63) is 64.1 Å². The van der Waals surface area contributed by atoms with Gasteiger partial charge in [0.1, 0.15) is 10.8 Å². The number of halogens is 1. The molecule has 0 spiro atoms. The molecule has 2 heterocycles. The van der Waals surface area contributed by atoms with Gasteiger partial charge >= 0.3 is 0 Å². The van der Waals surface area contributed by atoms with E-state index in [1.165, 1.54) is 16.4 Å². The van der Waals surface area contributed by atoms with Gasteiger partial charge in [-0.2, -0.15) is 0 Å². The number of aromatic nitrogens is 4. The van der Waals surface area contributed by atoms with E-state index < -0.39 is 0 Å². The Morgan fingerprint density at radius 3 is 2.86 bits per heavy atom. The molecule has 4 aromatic rings. The van der Waals surface area contributed by atoms with Gasteiger partial charge in [0.25, 0.3) is 0 Å². The van der Waals surface area contributed by atoms with Crippen molar-refractivity contribution >= 4 is 39.0 Å². The number of rotatable bonds is 6. The van der Waals surface area contributed by atoms with Gasteiger partial charge in [0.15, 0.2) is 5.82 Å². The maximum atomic E-state index is 6.21. The molecule has 0 atom stereocenters. The summed E-state index contributed by atoms with van der Waals surface area (Å²) >= 11 is 6.64. The number of ether oxygens (including phenoxy) is 1. The van der Waals surface area contributed by atoms with Crippen LogP contribution in [0.15, 0.2) is 63.5 Å². The van der Waals surface area contributed by atoms with E-state index in [4.69, 9.17) is 15.6 Å². The standard InChI is InChI=1S/C19H16BrN5OS2/c1-26-14-6-4-5-12(9-14)18-22-13(10-27-18)11-28-19-24-23-17(25(19)21)15-7-2-3-8-16(15)20/h2-10H,11,21H2,1H3. The van der Waals surface area contributed by atoms with Crippen molar-refractivity contribution in [1.29, 1.82) is 0 Å². The molecule has 2 N–H and O–H groups in total. The summed E-state index contributed by atoms with van der Waals surface area (Å²) in [6, 6.07) is 15.7. The fourth-order valence-electron chi connectivity index (χ4n) is 2.60. The summed E-state index contributed by atoms with van der Waals surface area (Å²) in [4.78, 5) is 4.72. The van der Waals surface area contributed by atoms with Crippen LogP contribution in [-0.4, -0.2) is 27.0 Å². The molecule has 0 aliphatic carbocycles. The molecule has 0 unspecified atom stereocenters. The molecule has 0 radical (unpaired) electrons. The molecule has 6 nitrogen and oxygen atoms in total. The van der Waals surface area contributed by atoms with Crippen LogP contribution in [0.4, 0.5) is 0 Å². The zero-order chi connectivity index (χ0) is 19.5. The second-order valence-corrected chi connectivity index (χ2v) is 8.48. The third-order valence-electron chi connectivity index (χ3n) is 4.00.